The monoisotopic (exact) mass is 338 g/mol. The summed E-state index contributed by atoms with van der Waals surface area (Å²) in [7, 11) is 0. The standard InChI is InChI=1S/C6H12I2/c1-3-5(2)6(8)4-7/h5-6H,3-4H2,1-2H3/t5-,6+/m0/s1. The van der Waals surface area contributed by atoms with E-state index in [2.05, 4.69) is 59.0 Å². The average molecular weight is 338 g/mol. The van der Waals surface area contributed by atoms with Gasteiger partial charge in [-0.25, -0.2) is 0 Å². The van der Waals surface area contributed by atoms with Gasteiger partial charge in [0.25, 0.3) is 0 Å². The summed E-state index contributed by atoms with van der Waals surface area (Å²) in [4.78, 5) is 0. The van der Waals surface area contributed by atoms with Crippen LogP contribution in [-0.2, 0) is 0 Å². The maximum Gasteiger partial charge on any atom is 0.0225 e. The van der Waals surface area contributed by atoms with Gasteiger partial charge in [0.1, 0.15) is 0 Å². The Balaban J connectivity index is 3.29. The molecule has 0 unspecified atom stereocenters. The van der Waals surface area contributed by atoms with Crippen molar-refractivity contribution in [1.29, 1.82) is 0 Å². The van der Waals surface area contributed by atoms with Crippen molar-refractivity contribution in [1.82, 2.24) is 0 Å². The fourth-order valence-corrected chi connectivity index (χ4v) is 1.78. The van der Waals surface area contributed by atoms with Gasteiger partial charge in [-0.2, -0.15) is 0 Å². The SMILES string of the molecule is CC[C@H](C)[C@H](I)CI. The van der Waals surface area contributed by atoms with Gasteiger partial charge < -0.3 is 0 Å². The second kappa shape index (κ2) is 5.26. The number of rotatable bonds is 3. The van der Waals surface area contributed by atoms with E-state index < -0.39 is 0 Å². The van der Waals surface area contributed by atoms with Crippen LogP contribution >= 0.6 is 45.2 Å². The molecule has 0 heterocycles. The summed E-state index contributed by atoms with van der Waals surface area (Å²) < 4.78 is 2.16. The molecule has 0 N–H and O–H groups in total. The van der Waals surface area contributed by atoms with Crippen LogP contribution in [0.3, 0.4) is 0 Å². The molecule has 2 atom stereocenters. The maximum atomic E-state index is 2.52. The Morgan fingerprint density at radius 2 is 2.00 bits per heavy atom. The highest BCUT2D eigenvalue weighted by atomic mass is 127. The van der Waals surface area contributed by atoms with E-state index >= 15 is 0 Å². The summed E-state index contributed by atoms with van der Waals surface area (Å²) in [5, 5.41) is 0. The van der Waals surface area contributed by atoms with Gasteiger partial charge in [-0.05, 0) is 5.92 Å². The van der Waals surface area contributed by atoms with Crippen LogP contribution < -0.4 is 0 Å². The zero-order chi connectivity index (χ0) is 6.57. The Morgan fingerprint density at radius 1 is 1.50 bits per heavy atom. The molecule has 0 saturated carbocycles. The molecule has 50 valence electrons. The lowest BCUT2D eigenvalue weighted by atomic mass is 10.1. The average Bonchev–Trinajstić information content (AvgIpc) is 1.84. The molecule has 0 spiro atoms. The predicted molar refractivity (Wildman–Crippen MR) is 56.2 cm³/mol. The molecule has 0 aromatic rings. The molecule has 0 aromatic carbocycles. The minimum Gasteiger partial charge on any atom is -0.0852 e. The predicted octanol–water partition coefficient (Wildman–Crippen LogP) is 3.27. The number of hydrogen-bond acceptors (Lipinski definition) is 0. The van der Waals surface area contributed by atoms with Crippen molar-refractivity contribution in [3.63, 3.8) is 0 Å². The maximum absolute atomic E-state index is 2.52. The molecule has 0 nitrogen and oxygen atoms in total. The smallest absolute Gasteiger partial charge is 0.0225 e. The van der Waals surface area contributed by atoms with Gasteiger partial charge in [0.2, 0.25) is 0 Å². The number of halogens is 2. The largest absolute Gasteiger partial charge is 0.0852 e. The summed E-state index contributed by atoms with van der Waals surface area (Å²) in [6, 6.07) is 0. The van der Waals surface area contributed by atoms with Crippen molar-refractivity contribution in [2.75, 3.05) is 4.43 Å². The van der Waals surface area contributed by atoms with Crippen LogP contribution in [0.25, 0.3) is 0 Å². The summed E-state index contributed by atoms with van der Waals surface area (Å²) in [6.45, 7) is 4.57. The fourth-order valence-electron chi connectivity index (χ4n) is 0.408. The van der Waals surface area contributed by atoms with Crippen molar-refractivity contribution in [2.24, 2.45) is 5.92 Å². The highest BCUT2D eigenvalue weighted by Gasteiger charge is 2.08. The number of alkyl halides is 2. The van der Waals surface area contributed by atoms with Crippen LogP contribution in [-0.4, -0.2) is 8.35 Å². The van der Waals surface area contributed by atoms with Crippen LogP contribution in [0.1, 0.15) is 20.3 Å². The Bertz CT molecular complexity index is 46.5. The van der Waals surface area contributed by atoms with Gasteiger partial charge in [0.15, 0.2) is 0 Å². The molecular weight excluding hydrogens is 326 g/mol. The van der Waals surface area contributed by atoms with Gasteiger partial charge >= 0.3 is 0 Å². The quantitative estimate of drug-likeness (QED) is 0.547. The van der Waals surface area contributed by atoms with Gasteiger partial charge in [-0.15, -0.1) is 0 Å². The minimum atomic E-state index is 0.873. The van der Waals surface area contributed by atoms with Crippen molar-refractivity contribution >= 4 is 45.2 Å². The number of hydrogen-bond donors (Lipinski definition) is 0. The van der Waals surface area contributed by atoms with Crippen LogP contribution in [0.15, 0.2) is 0 Å². The molecule has 0 aliphatic heterocycles. The molecule has 0 bridgehead atoms. The van der Waals surface area contributed by atoms with Crippen LogP contribution in [0.4, 0.5) is 0 Å². The van der Waals surface area contributed by atoms with E-state index in [9.17, 15) is 0 Å². The van der Waals surface area contributed by atoms with Gasteiger partial charge in [-0.1, -0.05) is 65.5 Å². The summed E-state index contributed by atoms with van der Waals surface area (Å²) in [5.41, 5.74) is 0. The highest BCUT2D eigenvalue weighted by Crippen LogP contribution is 2.18. The molecule has 8 heavy (non-hydrogen) atoms. The first kappa shape index (κ1) is 9.46. The second-order valence-electron chi connectivity index (χ2n) is 2.06. The third kappa shape index (κ3) is 3.48. The van der Waals surface area contributed by atoms with E-state index in [4.69, 9.17) is 0 Å². The fraction of sp³-hybridized carbons (Fsp3) is 1.00. The van der Waals surface area contributed by atoms with Gasteiger partial charge in [0.05, 0.1) is 0 Å². The molecule has 0 rings (SSSR count). The third-order valence-electron chi connectivity index (χ3n) is 1.41. The lowest BCUT2D eigenvalue weighted by Crippen LogP contribution is -2.10. The first-order valence-corrected chi connectivity index (χ1v) is 5.69. The van der Waals surface area contributed by atoms with Crippen molar-refractivity contribution < 1.29 is 0 Å². The molecule has 0 radical (unpaired) electrons. The normalized spacial score (nSPS) is 18.0. The highest BCUT2D eigenvalue weighted by molar-refractivity contribution is 14.1. The summed E-state index contributed by atoms with van der Waals surface area (Å²) in [6.07, 6.45) is 1.32. The zero-order valence-electron chi connectivity index (χ0n) is 5.32. The van der Waals surface area contributed by atoms with Crippen LogP contribution in [0.2, 0.25) is 0 Å². The van der Waals surface area contributed by atoms with E-state index in [1.807, 2.05) is 0 Å². The topological polar surface area (TPSA) is 0 Å². The molecular formula is C6H12I2. The van der Waals surface area contributed by atoms with Crippen LogP contribution in [0.5, 0.6) is 0 Å². The van der Waals surface area contributed by atoms with E-state index in [1.165, 1.54) is 10.8 Å². The molecule has 0 aliphatic rings. The lowest BCUT2D eigenvalue weighted by Gasteiger charge is -2.12. The Labute approximate surface area is 79.1 Å². The second-order valence-corrected chi connectivity index (χ2v) is 4.54. The Hall–Kier alpha value is 1.46. The Kier molecular flexibility index (Phi) is 6.22. The van der Waals surface area contributed by atoms with E-state index in [1.54, 1.807) is 0 Å². The van der Waals surface area contributed by atoms with E-state index in [0.29, 0.717) is 0 Å². The van der Waals surface area contributed by atoms with E-state index in [0.717, 1.165) is 9.84 Å². The first-order valence-electron chi connectivity index (χ1n) is 2.92. The molecule has 0 amide bonds. The van der Waals surface area contributed by atoms with E-state index in [-0.39, 0.29) is 0 Å². The minimum absolute atomic E-state index is 0.873. The van der Waals surface area contributed by atoms with Gasteiger partial charge in [0, 0.05) is 8.35 Å². The first-order chi connectivity index (χ1) is 3.72. The van der Waals surface area contributed by atoms with Crippen LogP contribution in [0, 0.1) is 5.92 Å². The molecule has 0 aliphatic carbocycles. The summed E-state index contributed by atoms with van der Waals surface area (Å²) >= 11 is 4.97. The summed E-state index contributed by atoms with van der Waals surface area (Å²) in [5.74, 6) is 0.896. The van der Waals surface area contributed by atoms with Crippen molar-refractivity contribution in [2.45, 2.75) is 24.2 Å². The molecule has 0 saturated heterocycles. The third-order valence-corrected chi connectivity index (χ3v) is 5.71. The molecule has 0 fully saturated rings. The zero-order valence-corrected chi connectivity index (χ0v) is 9.64. The van der Waals surface area contributed by atoms with Crippen molar-refractivity contribution in [3.05, 3.63) is 0 Å². The van der Waals surface area contributed by atoms with Crippen molar-refractivity contribution in [3.8, 4) is 0 Å². The molecule has 2 heteroatoms. The Morgan fingerprint density at radius 3 is 2.12 bits per heavy atom. The molecule has 0 aromatic heterocycles. The lowest BCUT2D eigenvalue weighted by molar-refractivity contribution is 0.579. The van der Waals surface area contributed by atoms with Gasteiger partial charge in [-0.3, -0.25) is 0 Å².